The quantitative estimate of drug-likeness (QED) is 0.571. The standard InChI is InChI=1S/C21H16N2S2/c24-21-14-19(15-7-3-1-4-8-15)22-20-13-17(11-12-18(20)23-21)25-16-9-5-2-6-10-16/h1-13H,14H2,(H,23,24). The molecular formula is C21H16N2S2. The van der Waals surface area contributed by atoms with E-state index in [0.29, 0.717) is 6.42 Å². The highest BCUT2D eigenvalue weighted by Gasteiger charge is 2.15. The number of anilines is 1. The average Bonchev–Trinajstić information content (AvgIpc) is 2.81. The zero-order valence-electron chi connectivity index (χ0n) is 13.5. The zero-order valence-corrected chi connectivity index (χ0v) is 15.1. The summed E-state index contributed by atoms with van der Waals surface area (Å²) in [5, 5.41) is 3.32. The van der Waals surface area contributed by atoms with Gasteiger partial charge in [0.05, 0.1) is 22.1 Å². The Morgan fingerprint density at radius 3 is 2.32 bits per heavy atom. The van der Waals surface area contributed by atoms with Gasteiger partial charge in [-0.25, -0.2) is 0 Å². The Bertz CT molecular complexity index is 935. The molecule has 4 rings (SSSR count). The van der Waals surface area contributed by atoms with Crippen molar-refractivity contribution in [3.63, 3.8) is 0 Å². The third kappa shape index (κ3) is 3.81. The minimum atomic E-state index is 0.648. The normalized spacial score (nSPS) is 13.4. The van der Waals surface area contributed by atoms with Crippen molar-refractivity contribution < 1.29 is 0 Å². The number of hydrogen-bond acceptors (Lipinski definition) is 3. The van der Waals surface area contributed by atoms with Crippen molar-refractivity contribution in [2.45, 2.75) is 16.2 Å². The van der Waals surface area contributed by atoms with Crippen molar-refractivity contribution >= 4 is 46.1 Å². The van der Waals surface area contributed by atoms with Crippen LogP contribution in [0.2, 0.25) is 0 Å². The Morgan fingerprint density at radius 2 is 1.56 bits per heavy atom. The van der Waals surface area contributed by atoms with Crippen molar-refractivity contribution in [3.05, 3.63) is 84.4 Å². The maximum absolute atomic E-state index is 5.49. The zero-order chi connectivity index (χ0) is 17.1. The van der Waals surface area contributed by atoms with Crippen molar-refractivity contribution in [1.29, 1.82) is 0 Å². The molecule has 25 heavy (non-hydrogen) atoms. The Hall–Kier alpha value is -2.43. The van der Waals surface area contributed by atoms with Crippen LogP contribution in [-0.4, -0.2) is 10.7 Å². The van der Waals surface area contributed by atoms with Gasteiger partial charge < -0.3 is 5.32 Å². The van der Waals surface area contributed by atoms with Gasteiger partial charge in [0.1, 0.15) is 0 Å². The molecule has 0 radical (unpaired) electrons. The number of rotatable bonds is 3. The second kappa shape index (κ2) is 7.21. The van der Waals surface area contributed by atoms with Crippen molar-refractivity contribution in [2.75, 3.05) is 5.32 Å². The minimum Gasteiger partial charge on any atom is -0.348 e. The van der Waals surface area contributed by atoms with E-state index in [-0.39, 0.29) is 0 Å². The van der Waals surface area contributed by atoms with E-state index < -0.39 is 0 Å². The molecule has 2 nitrogen and oxygen atoms in total. The van der Waals surface area contributed by atoms with E-state index in [1.54, 1.807) is 11.8 Å². The lowest BCUT2D eigenvalue weighted by Crippen LogP contribution is -2.12. The van der Waals surface area contributed by atoms with E-state index in [1.807, 2.05) is 24.3 Å². The van der Waals surface area contributed by atoms with Crippen LogP contribution in [0.1, 0.15) is 12.0 Å². The first-order valence-electron chi connectivity index (χ1n) is 8.08. The topological polar surface area (TPSA) is 24.4 Å². The molecule has 1 aliphatic rings. The highest BCUT2D eigenvalue weighted by molar-refractivity contribution is 7.99. The van der Waals surface area contributed by atoms with Gasteiger partial charge in [0.15, 0.2) is 0 Å². The Balaban J connectivity index is 1.72. The van der Waals surface area contributed by atoms with Crippen LogP contribution in [0, 0.1) is 0 Å². The van der Waals surface area contributed by atoms with Crippen LogP contribution in [0.3, 0.4) is 0 Å². The molecule has 3 aromatic carbocycles. The molecule has 1 N–H and O–H groups in total. The maximum atomic E-state index is 5.49. The third-order valence-electron chi connectivity index (χ3n) is 3.91. The van der Waals surface area contributed by atoms with Crippen LogP contribution in [0.25, 0.3) is 0 Å². The molecule has 0 saturated carbocycles. The van der Waals surface area contributed by atoms with E-state index >= 15 is 0 Å². The smallest absolute Gasteiger partial charge is 0.0879 e. The number of benzene rings is 3. The predicted molar refractivity (Wildman–Crippen MR) is 110 cm³/mol. The molecule has 3 aromatic rings. The summed E-state index contributed by atoms with van der Waals surface area (Å²) in [5.41, 5.74) is 4.01. The minimum absolute atomic E-state index is 0.648. The van der Waals surface area contributed by atoms with Gasteiger partial charge in [0.2, 0.25) is 0 Å². The van der Waals surface area contributed by atoms with Crippen molar-refractivity contribution in [1.82, 2.24) is 0 Å². The highest BCUT2D eigenvalue weighted by Crippen LogP contribution is 2.36. The van der Waals surface area contributed by atoms with Crippen LogP contribution in [0.5, 0.6) is 0 Å². The van der Waals surface area contributed by atoms with Gasteiger partial charge in [-0.15, -0.1) is 0 Å². The van der Waals surface area contributed by atoms with Crippen LogP contribution in [0.4, 0.5) is 11.4 Å². The average molecular weight is 361 g/mol. The summed E-state index contributed by atoms with van der Waals surface area (Å²) in [6.07, 6.45) is 0.648. The molecule has 1 aliphatic heterocycles. The highest BCUT2D eigenvalue weighted by atomic mass is 32.2. The first-order chi connectivity index (χ1) is 12.3. The molecule has 0 bridgehead atoms. The van der Waals surface area contributed by atoms with E-state index in [4.69, 9.17) is 17.2 Å². The van der Waals surface area contributed by atoms with Gasteiger partial charge >= 0.3 is 0 Å². The first-order valence-corrected chi connectivity index (χ1v) is 9.30. The molecule has 0 atom stereocenters. The molecular weight excluding hydrogens is 344 g/mol. The maximum Gasteiger partial charge on any atom is 0.0879 e. The number of nitrogens with zero attached hydrogens (tertiary/aromatic N) is 1. The largest absolute Gasteiger partial charge is 0.348 e. The van der Waals surface area contributed by atoms with Crippen molar-refractivity contribution in [3.8, 4) is 0 Å². The number of hydrogen-bond donors (Lipinski definition) is 1. The summed E-state index contributed by atoms with van der Waals surface area (Å²) < 4.78 is 0. The summed E-state index contributed by atoms with van der Waals surface area (Å²) in [6.45, 7) is 0. The Labute approximate surface area is 157 Å². The van der Waals surface area contributed by atoms with Gasteiger partial charge in [0, 0.05) is 16.2 Å². The van der Waals surface area contributed by atoms with Crippen LogP contribution < -0.4 is 5.32 Å². The monoisotopic (exact) mass is 360 g/mol. The fourth-order valence-corrected chi connectivity index (χ4v) is 3.85. The van der Waals surface area contributed by atoms with Gasteiger partial charge in [0.25, 0.3) is 0 Å². The lowest BCUT2D eigenvalue weighted by atomic mass is 10.1. The molecule has 0 saturated heterocycles. The molecule has 0 spiro atoms. The molecule has 1 heterocycles. The number of fused-ring (bicyclic) bond motifs is 1. The molecule has 0 aromatic heterocycles. The fourth-order valence-electron chi connectivity index (χ4n) is 2.73. The SMILES string of the molecule is S=C1CC(c2ccccc2)=Nc2cc(Sc3ccccc3)ccc2N1. The number of nitrogens with one attached hydrogen (secondary N) is 1. The van der Waals surface area contributed by atoms with E-state index in [2.05, 4.69) is 59.9 Å². The molecule has 0 aliphatic carbocycles. The van der Waals surface area contributed by atoms with Crippen LogP contribution in [-0.2, 0) is 0 Å². The van der Waals surface area contributed by atoms with E-state index in [0.717, 1.165) is 32.5 Å². The van der Waals surface area contributed by atoms with Crippen LogP contribution in [0.15, 0.2) is 93.6 Å². The van der Waals surface area contributed by atoms with Gasteiger partial charge in [-0.05, 0) is 35.9 Å². The van der Waals surface area contributed by atoms with E-state index in [1.165, 1.54) is 4.90 Å². The lowest BCUT2D eigenvalue weighted by molar-refractivity contribution is 1.38. The summed E-state index contributed by atoms with van der Waals surface area (Å²) in [4.78, 5) is 8.09. The predicted octanol–water partition coefficient (Wildman–Crippen LogP) is 6.10. The molecule has 0 amide bonds. The third-order valence-corrected chi connectivity index (χ3v) is 5.16. The first kappa shape index (κ1) is 16.1. The second-order valence-electron chi connectivity index (χ2n) is 5.74. The summed E-state index contributed by atoms with van der Waals surface area (Å²) in [6, 6.07) is 26.9. The summed E-state index contributed by atoms with van der Waals surface area (Å²) in [5.74, 6) is 0. The Kier molecular flexibility index (Phi) is 4.63. The molecule has 122 valence electrons. The molecule has 0 fully saturated rings. The second-order valence-corrected chi connectivity index (χ2v) is 7.38. The fraction of sp³-hybridized carbons (Fsp3) is 0.0476. The van der Waals surface area contributed by atoms with Crippen LogP contribution >= 0.6 is 24.0 Å². The molecule has 0 unspecified atom stereocenters. The Morgan fingerprint density at radius 1 is 0.840 bits per heavy atom. The summed E-state index contributed by atoms with van der Waals surface area (Å²) >= 11 is 7.22. The number of thiocarbonyl (C=S) groups is 1. The van der Waals surface area contributed by atoms with Gasteiger partial charge in [-0.2, -0.15) is 0 Å². The molecule has 4 heteroatoms. The summed E-state index contributed by atoms with van der Waals surface area (Å²) in [7, 11) is 0. The van der Waals surface area contributed by atoms with E-state index in [9.17, 15) is 0 Å². The van der Waals surface area contributed by atoms with Gasteiger partial charge in [-0.3, -0.25) is 4.99 Å². The van der Waals surface area contributed by atoms with Gasteiger partial charge in [-0.1, -0.05) is 72.5 Å². The van der Waals surface area contributed by atoms with Crippen molar-refractivity contribution in [2.24, 2.45) is 4.99 Å². The lowest BCUT2D eigenvalue weighted by Gasteiger charge is -2.08. The number of aliphatic imine (C=N–C) groups is 1.